The number of hydrogen-bond acceptors (Lipinski definition) is 1. The van der Waals surface area contributed by atoms with Gasteiger partial charge in [0.25, 0.3) is 0 Å². The molecule has 0 spiro atoms. The molecule has 1 heteroatoms. The van der Waals surface area contributed by atoms with Crippen molar-refractivity contribution in [3.63, 3.8) is 0 Å². The van der Waals surface area contributed by atoms with E-state index in [0.717, 1.165) is 17.5 Å². The van der Waals surface area contributed by atoms with Crippen molar-refractivity contribution in [1.29, 1.82) is 0 Å². The molecule has 0 aromatic heterocycles. The first-order valence-electron chi connectivity index (χ1n) is 6.61. The largest absolute Gasteiger partial charge is 0.299 e. The molecular weight excluding hydrogens is 232 g/mol. The Morgan fingerprint density at radius 2 is 1.58 bits per heavy atom. The van der Waals surface area contributed by atoms with Crippen LogP contribution in [-0.2, 0) is 11.2 Å². The third-order valence-corrected chi connectivity index (χ3v) is 3.78. The number of ketones is 1. The van der Waals surface area contributed by atoms with E-state index in [1.807, 2.05) is 24.3 Å². The molecule has 0 N–H and O–H groups in total. The standard InChI is InChI=1S/C18H16O/c1-13(19)18-12-16-8-3-2-6-14(16)10-11-15-7-4-5-9-17(15)18/h2-11,18H,12H2,1H3/b11-10-. The Hall–Kier alpha value is -2.15. The molecule has 1 atom stereocenters. The summed E-state index contributed by atoms with van der Waals surface area (Å²) < 4.78 is 0. The summed E-state index contributed by atoms with van der Waals surface area (Å²) in [6.07, 6.45) is 5.04. The highest BCUT2D eigenvalue weighted by Gasteiger charge is 2.21. The van der Waals surface area contributed by atoms with Crippen molar-refractivity contribution in [3.05, 3.63) is 70.8 Å². The Kier molecular flexibility index (Phi) is 3.04. The minimum Gasteiger partial charge on any atom is -0.299 e. The number of carbonyl (C=O) groups is 1. The van der Waals surface area contributed by atoms with Crippen molar-refractivity contribution in [2.45, 2.75) is 19.3 Å². The molecule has 2 aromatic rings. The normalized spacial score (nSPS) is 18.7. The van der Waals surface area contributed by atoms with Crippen LogP contribution < -0.4 is 0 Å². The van der Waals surface area contributed by atoms with Gasteiger partial charge in [-0.2, -0.15) is 0 Å². The summed E-state index contributed by atoms with van der Waals surface area (Å²) in [4.78, 5) is 12.0. The smallest absolute Gasteiger partial charge is 0.137 e. The van der Waals surface area contributed by atoms with Crippen molar-refractivity contribution in [1.82, 2.24) is 0 Å². The highest BCUT2D eigenvalue weighted by atomic mass is 16.1. The summed E-state index contributed by atoms with van der Waals surface area (Å²) in [7, 11) is 0. The Labute approximate surface area is 113 Å². The van der Waals surface area contributed by atoms with Crippen LogP contribution >= 0.6 is 0 Å². The minimum atomic E-state index is -0.0395. The van der Waals surface area contributed by atoms with E-state index in [-0.39, 0.29) is 11.7 Å². The van der Waals surface area contributed by atoms with Gasteiger partial charge in [-0.05, 0) is 35.6 Å². The SMILES string of the molecule is CC(=O)C1Cc2ccccc2/C=C\c2ccccc21. The molecule has 2 aromatic carbocycles. The number of hydrogen-bond donors (Lipinski definition) is 0. The van der Waals surface area contributed by atoms with E-state index in [9.17, 15) is 4.79 Å². The molecule has 0 bridgehead atoms. The van der Waals surface area contributed by atoms with Gasteiger partial charge in [0.1, 0.15) is 5.78 Å². The summed E-state index contributed by atoms with van der Waals surface area (Å²) >= 11 is 0. The molecule has 0 amide bonds. The van der Waals surface area contributed by atoms with Crippen LogP contribution in [0.25, 0.3) is 12.2 Å². The lowest BCUT2D eigenvalue weighted by Crippen LogP contribution is -2.14. The molecule has 1 aliphatic rings. The van der Waals surface area contributed by atoms with Gasteiger partial charge in [0.15, 0.2) is 0 Å². The fourth-order valence-corrected chi connectivity index (χ4v) is 2.73. The summed E-state index contributed by atoms with van der Waals surface area (Å²) in [5, 5.41) is 0. The monoisotopic (exact) mass is 248 g/mol. The van der Waals surface area contributed by atoms with E-state index >= 15 is 0 Å². The lowest BCUT2D eigenvalue weighted by atomic mass is 9.83. The van der Waals surface area contributed by atoms with Crippen LogP contribution in [0.3, 0.4) is 0 Å². The van der Waals surface area contributed by atoms with E-state index in [0.29, 0.717) is 0 Å². The summed E-state index contributed by atoms with van der Waals surface area (Å²) in [5.74, 6) is 0.194. The van der Waals surface area contributed by atoms with Crippen molar-refractivity contribution in [2.75, 3.05) is 0 Å². The van der Waals surface area contributed by atoms with Gasteiger partial charge in [0, 0.05) is 5.92 Å². The van der Waals surface area contributed by atoms with Crippen molar-refractivity contribution >= 4 is 17.9 Å². The van der Waals surface area contributed by atoms with E-state index in [1.165, 1.54) is 11.1 Å². The fourth-order valence-electron chi connectivity index (χ4n) is 2.73. The van der Waals surface area contributed by atoms with Gasteiger partial charge in [-0.3, -0.25) is 4.79 Å². The van der Waals surface area contributed by atoms with E-state index in [1.54, 1.807) is 6.92 Å². The predicted octanol–water partition coefficient (Wildman–Crippen LogP) is 4.09. The number of carbonyl (C=O) groups excluding carboxylic acids is 1. The average Bonchev–Trinajstić information content (AvgIpc) is 2.41. The first-order chi connectivity index (χ1) is 9.25. The third kappa shape index (κ3) is 2.24. The Morgan fingerprint density at radius 3 is 2.37 bits per heavy atom. The molecule has 0 saturated heterocycles. The number of benzene rings is 2. The molecular formula is C18H16O. The number of fused-ring (bicyclic) bond motifs is 2. The zero-order valence-electron chi connectivity index (χ0n) is 11.0. The molecule has 94 valence electrons. The Balaban J connectivity index is 2.19. The first kappa shape index (κ1) is 11.9. The molecule has 0 saturated carbocycles. The van der Waals surface area contributed by atoms with Crippen LogP contribution in [0.15, 0.2) is 48.5 Å². The molecule has 1 unspecified atom stereocenters. The molecule has 1 nitrogen and oxygen atoms in total. The van der Waals surface area contributed by atoms with Crippen LogP contribution in [0.2, 0.25) is 0 Å². The lowest BCUT2D eigenvalue weighted by molar-refractivity contribution is -0.118. The third-order valence-electron chi connectivity index (χ3n) is 3.78. The molecule has 0 fully saturated rings. The fraction of sp³-hybridized carbons (Fsp3) is 0.167. The van der Waals surface area contributed by atoms with Crippen LogP contribution in [0, 0.1) is 0 Å². The maximum Gasteiger partial charge on any atom is 0.137 e. The predicted molar refractivity (Wildman–Crippen MR) is 78.9 cm³/mol. The molecule has 1 aliphatic carbocycles. The van der Waals surface area contributed by atoms with Crippen LogP contribution in [0.1, 0.15) is 35.1 Å². The first-order valence-corrected chi connectivity index (χ1v) is 6.61. The average molecular weight is 248 g/mol. The maximum atomic E-state index is 12.0. The number of rotatable bonds is 1. The van der Waals surface area contributed by atoms with Crippen molar-refractivity contribution < 1.29 is 4.79 Å². The van der Waals surface area contributed by atoms with Crippen molar-refractivity contribution in [3.8, 4) is 0 Å². The van der Waals surface area contributed by atoms with Gasteiger partial charge in [-0.25, -0.2) is 0 Å². The minimum absolute atomic E-state index is 0.0395. The van der Waals surface area contributed by atoms with Crippen LogP contribution in [-0.4, -0.2) is 5.78 Å². The quantitative estimate of drug-likeness (QED) is 0.743. The van der Waals surface area contributed by atoms with Crippen LogP contribution in [0.5, 0.6) is 0 Å². The summed E-state index contributed by atoms with van der Waals surface area (Å²) in [6.45, 7) is 1.69. The zero-order valence-corrected chi connectivity index (χ0v) is 11.0. The van der Waals surface area contributed by atoms with Gasteiger partial charge in [0.05, 0.1) is 0 Å². The van der Waals surface area contributed by atoms with Gasteiger partial charge in [-0.15, -0.1) is 0 Å². The molecule has 0 aliphatic heterocycles. The highest BCUT2D eigenvalue weighted by Crippen LogP contribution is 2.30. The van der Waals surface area contributed by atoms with E-state index in [4.69, 9.17) is 0 Å². The van der Waals surface area contributed by atoms with Gasteiger partial charge >= 0.3 is 0 Å². The molecule has 0 heterocycles. The molecule has 3 rings (SSSR count). The second-order valence-electron chi connectivity index (χ2n) is 5.03. The van der Waals surface area contributed by atoms with Gasteiger partial charge < -0.3 is 0 Å². The molecule has 0 radical (unpaired) electrons. The Bertz CT molecular complexity index is 652. The second-order valence-corrected chi connectivity index (χ2v) is 5.03. The van der Waals surface area contributed by atoms with Gasteiger partial charge in [0.2, 0.25) is 0 Å². The van der Waals surface area contributed by atoms with Crippen LogP contribution in [0.4, 0.5) is 0 Å². The van der Waals surface area contributed by atoms with Crippen molar-refractivity contribution in [2.24, 2.45) is 0 Å². The van der Waals surface area contributed by atoms with Gasteiger partial charge in [-0.1, -0.05) is 60.7 Å². The zero-order chi connectivity index (χ0) is 13.2. The lowest BCUT2D eigenvalue weighted by Gasteiger charge is -2.20. The Morgan fingerprint density at radius 1 is 0.947 bits per heavy atom. The topological polar surface area (TPSA) is 17.1 Å². The number of Topliss-reactive ketones (excluding diaryl/α,β-unsaturated/α-hetero) is 1. The maximum absolute atomic E-state index is 12.0. The summed E-state index contributed by atoms with van der Waals surface area (Å²) in [6, 6.07) is 16.5. The van der Waals surface area contributed by atoms with E-state index in [2.05, 4.69) is 36.4 Å². The highest BCUT2D eigenvalue weighted by molar-refractivity contribution is 5.87. The second kappa shape index (κ2) is 4.85. The summed E-state index contributed by atoms with van der Waals surface area (Å²) in [5.41, 5.74) is 4.75. The van der Waals surface area contributed by atoms with E-state index < -0.39 is 0 Å². The molecule has 19 heavy (non-hydrogen) atoms.